The van der Waals surface area contributed by atoms with E-state index in [0.717, 1.165) is 16.5 Å². The van der Waals surface area contributed by atoms with E-state index in [4.69, 9.17) is 4.74 Å². The number of carbonyl (C=O) groups excluding carboxylic acids is 1. The van der Waals surface area contributed by atoms with Gasteiger partial charge < -0.3 is 15.2 Å². The van der Waals surface area contributed by atoms with E-state index in [2.05, 4.69) is 10.3 Å². The highest BCUT2D eigenvalue weighted by Crippen LogP contribution is 2.31. The minimum atomic E-state index is -1.02. The zero-order valence-electron chi connectivity index (χ0n) is 14.9. The van der Waals surface area contributed by atoms with Crippen LogP contribution in [0, 0.1) is 6.92 Å². The second-order valence-electron chi connectivity index (χ2n) is 5.74. The monoisotopic (exact) mass is 386 g/mol. The van der Waals surface area contributed by atoms with Crippen LogP contribution in [0.25, 0.3) is 10.9 Å². The van der Waals surface area contributed by atoms with Crippen LogP contribution in [0.3, 0.4) is 0 Å². The van der Waals surface area contributed by atoms with Crippen molar-refractivity contribution in [2.75, 3.05) is 11.9 Å². The number of fused-ring (bicyclic) bond motifs is 1. The van der Waals surface area contributed by atoms with Gasteiger partial charge in [0.25, 0.3) is 0 Å². The van der Waals surface area contributed by atoms with E-state index in [9.17, 15) is 14.7 Å². The van der Waals surface area contributed by atoms with Gasteiger partial charge in [0.15, 0.2) is 0 Å². The number of esters is 1. The molecule has 0 atom stereocenters. The zero-order chi connectivity index (χ0) is 18.7. The largest absolute Gasteiger partial charge is 0.478 e. The Bertz CT molecular complexity index is 1000. The molecule has 3 aromatic rings. The number of hydrogen-bond donors (Lipinski definition) is 2. The Morgan fingerprint density at radius 3 is 2.63 bits per heavy atom. The number of aromatic carboxylic acids is 1. The van der Waals surface area contributed by atoms with Gasteiger partial charge in [0.2, 0.25) is 0 Å². The summed E-state index contributed by atoms with van der Waals surface area (Å²) in [7, 11) is 0. The van der Waals surface area contributed by atoms with E-state index in [1.54, 1.807) is 25.1 Å². The minimum absolute atomic E-state index is 0. The van der Waals surface area contributed by atoms with Gasteiger partial charge in [-0.2, -0.15) is 0 Å². The smallest absolute Gasteiger partial charge is 0.341 e. The molecule has 2 N–H and O–H groups in total. The molecule has 0 radical (unpaired) electrons. The highest BCUT2D eigenvalue weighted by molar-refractivity contribution is 6.06. The minimum Gasteiger partial charge on any atom is -0.478 e. The fraction of sp³-hybridized carbons (Fsp3) is 0.150. The molecule has 140 valence electrons. The van der Waals surface area contributed by atoms with Gasteiger partial charge in [-0.1, -0.05) is 24.3 Å². The van der Waals surface area contributed by atoms with Gasteiger partial charge in [-0.05, 0) is 37.6 Å². The first-order valence-electron chi connectivity index (χ1n) is 8.17. The number of para-hydroxylation sites is 1. The van der Waals surface area contributed by atoms with E-state index >= 15 is 0 Å². The maximum Gasteiger partial charge on any atom is 0.341 e. The molecule has 1 aromatic heterocycles. The lowest BCUT2D eigenvalue weighted by atomic mass is 10.1. The third-order valence-corrected chi connectivity index (χ3v) is 4.01. The Balaban J connectivity index is 0.00000261. The molecule has 0 bridgehead atoms. The molecule has 0 unspecified atom stereocenters. The number of aromatic nitrogens is 1. The van der Waals surface area contributed by atoms with Crippen molar-refractivity contribution in [3.63, 3.8) is 0 Å². The molecule has 0 fully saturated rings. The van der Waals surface area contributed by atoms with Crippen molar-refractivity contribution in [2.45, 2.75) is 13.8 Å². The van der Waals surface area contributed by atoms with E-state index in [-0.39, 0.29) is 24.6 Å². The summed E-state index contributed by atoms with van der Waals surface area (Å²) < 4.78 is 5.13. The van der Waals surface area contributed by atoms with E-state index in [1.807, 2.05) is 31.2 Å². The van der Waals surface area contributed by atoms with Gasteiger partial charge in [0, 0.05) is 17.3 Å². The second-order valence-corrected chi connectivity index (χ2v) is 5.74. The lowest BCUT2D eigenvalue weighted by Gasteiger charge is -2.16. The first-order chi connectivity index (χ1) is 12.5. The number of ether oxygens (including phenoxy) is 1. The van der Waals surface area contributed by atoms with Crippen molar-refractivity contribution in [2.24, 2.45) is 0 Å². The number of anilines is 2. The summed E-state index contributed by atoms with van der Waals surface area (Å²) in [5.74, 6) is -1.50. The number of benzene rings is 2. The van der Waals surface area contributed by atoms with Gasteiger partial charge >= 0.3 is 11.9 Å². The van der Waals surface area contributed by atoms with Crippen LogP contribution in [-0.4, -0.2) is 28.6 Å². The summed E-state index contributed by atoms with van der Waals surface area (Å²) in [6, 6.07) is 12.2. The summed E-state index contributed by atoms with van der Waals surface area (Å²) in [6.45, 7) is 3.85. The molecule has 2 aromatic carbocycles. The Morgan fingerprint density at radius 1 is 1.19 bits per heavy atom. The standard InChI is InChI=1S/C20H18N2O4.ClH/c1-3-26-20(25)15-11-21-16-7-5-4-6-14(16)18(15)22-17-10-13(19(23)24)9-8-12(17)2;/h4-11H,3H2,1-2H3,(H,21,22)(H,23,24);1H. The van der Waals surface area contributed by atoms with Crippen molar-refractivity contribution in [1.29, 1.82) is 0 Å². The topological polar surface area (TPSA) is 88.5 Å². The van der Waals surface area contributed by atoms with Gasteiger partial charge in [-0.25, -0.2) is 9.59 Å². The molecule has 27 heavy (non-hydrogen) atoms. The Kier molecular flexibility index (Phi) is 6.36. The lowest BCUT2D eigenvalue weighted by molar-refractivity contribution is 0.0526. The molecule has 7 heteroatoms. The molecule has 0 aliphatic carbocycles. The Hall–Kier alpha value is -3.12. The van der Waals surface area contributed by atoms with Crippen molar-refractivity contribution in [3.8, 4) is 0 Å². The van der Waals surface area contributed by atoms with Crippen LogP contribution in [0.1, 0.15) is 33.2 Å². The van der Waals surface area contributed by atoms with Gasteiger partial charge in [-0.15, -0.1) is 12.4 Å². The van der Waals surface area contributed by atoms with Crippen LogP contribution in [0.15, 0.2) is 48.7 Å². The summed E-state index contributed by atoms with van der Waals surface area (Å²) in [5.41, 5.74) is 3.17. The molecular formula is C20H19ClN2O4. The number of nitrogens with zero attached hydrogens (tertiary/aromatic N) is 1. The molecule has 3 rings (SSSR count). The number of pyridine rings is 1. The number of rotatable bonds is 5. The average Bonchev–Trinajstić information content (AvgIpc) is 2.63. The van der Waals surface area contributed by atoms with Gasteiger partial charge in [-0.3, -0.25) is 4.98 Å². The zero-order valence-corrected chi connectivity index (χ0v) is 15.7. The van der Waals surface area contributed by atoms with E-state index in [1.165, 1.54) is 6.20 Å². The summed E-state index contributed by atoms with van der Waals surface area (Å²) in [6.07, 6.45) is 1.47. The predicted octanol–water partition coefficient (Wildman–Crippen LogP) is 4.58. The van der Waals surface area contributed by atoms with Crippen LogP contribution in [-0.2, 0) is 4.74 Å². The van der Waals surface area contributed by atoms with Crippen molar-refractivity contribution in [1.82, 2.24) is 4.98 Å². The van der Waals surface area contributed by atoms with E-state index in [0.29, 0.717) is 16.9 Å². The number of carbonyl (C=O) groups is 2. The first-order valence-corrected chi connectivity index (χ1v) is 8.17. The molecule has 0 aliphatic heterocycles. The molecule has 0 saturated heterocycles. The van der Waals surface area contributed by atoms with Gasteiger partial charge in [0.05, 0.1) is 23.4 Å². The van der Waals surface area contributed by atoms with Crippen molar-refractivity contribution in [3.05, 3.63) is 65.4 Å². The Morgan fingerprint density at radius 2 is 1.93 bits per heavy atom. The lowest BCUT2D eigenvalue weighted by Crippen LogP contribution is -2.10. The number of halogens is 1. The van der Waals surface area contributed by atoms with Crippen molar-refractivity contribution >= 4 is 46.6 Å². The fourth-order valence-corrected chi connectivity index (χ4v) is 2.66. The molecular weight excluding hydrogens is 368 g/mol. The number of carboxylic acid groups (broad SMARTS) is 1. The third kappa shape index (κ3) is 4.17. The number of carboxylic acids is 1. The third-order valence-electron chi connectivity index (χ3n) is 4.01. The molecule has 6 nitrogen and oxygen atoms in total. The van der Waals surface area contributed by atoms with Gasteiger partial charge in [0.1, 0.15) is 5.56 Å². The maximum absolute atomic E-state index is 12.4. The van der Waals surface area contributed by atoms with Crippen molar-refractivity contribution < 1.29 is 19.4 Å². The summed E-state index contributed by atoms with van der Waals surface area (Å²) >= 11 is 0. The van der Waals surface area contributed by atoms with Crippen LogP contribution in [0.2, 0.25) is 0 Å². The molecule has 1 heterocycles. The van der Waals surface area contributed by atoms with Crippen LogP contribution in [0.5, 0.6) is 0 Å². The molecule has 0 amide bonds. The Labute approximate surface area is 162 Å². The average molecular weight is 387 g/mol. The summed E-state index contributed by atoms with van der Waals surface area (Å²) in [5, 5.41) is 13.2. The molecule has 0 aliphatic rings. The summed E-state index contributed by atoms with van der Waals surface area (Å²) in [4.78, 5) is 28.0. The normalized spacial score (nSPS) is 10.1. The predicted molar refractivity (Wildman–Crippen MR) is 106 cm³/mol. The highest BCUT2D eigenvalue weighted by atomic mass is 35.5. The second kappa shape index (κ2) is 8.51. The van der Waals surface area contributed by atoms with Crippen LogP contribution < -0.4 is 5.32 Å². The maximum atomic E-state index is 12.4. The SMILES string of the molecule is CCOC(=O)c1cnc2ccccc2c1Nc1cc(C(=O)O)ccc1C.Cl. The van der Waals surface area contributed by atoms with Crippen LogP contribution in [0.4, 0.5) is 11.4 Å². The number of aryl methyl sites for hydroxylation is 1. The number of hydrogen-bond acceptors (Lipinski definition) is 5. The highest BCUT2D eigenvalue weighted by Gasteiger charge is 2.18. The quantitative estimate of drug-likeness (QED) is 0.624. The molecule has 0 spiro atoms. The molecule has 0 saturated carbocycles. The fourth-order valence-electron chi connectivity index (χ4n) is 2.66. The first kappa shape index (κ1) is 20.2. The van der Waals surface area contributed by atoms with Crippen LogP contribution >= 0.6 is 12.4 Å². The number of nitrogens with one attached hydrogen (secondary N) is 1. The van der Waals surface area contributed by atoms with E-state index < -0.39 is 11.9 Å².